The highest BCUT2D eigenvalue weighted by Crippen LogP contribution is 2.30. The number of alkyl halides is 2. The van der Waals surface area contributed by atoms with Crippen LogP contribution in [0.5, 0.6) is 23.0 Å². The van der Waals surface area contributed by atoms with Crippen molar-refractivity contribution in [3.05, 3.63) is 53.6 Å². The molecule has 0 fully saturated rings. The van der Waals surface area contributed by atoms with Crippen molar-refractivity contribution in [1.29, 1.82) is 0 Å². The second-order valence-corrected chi connectivity index (χ2v) is 5.72. The van der Waals surface area contributed by atoms with Gasteiger partial charge in [0.25, 0.3) is 0 Å². The average Bonchev–Trinajstić information content (AvgIpc) is 2.75. The number of hydrogen-bond acceptors (Lipinski definition) is 7. The lowest BCUT2D eigenvalue weighted by atomic mass is 10.1. The van der Waals surface area contributed by atoms with E-state index in [4.69, 9.17) is 18.9 Å². The highest BCUT2D eigenvalue weighted by Gasteiger charge is 2.15. The molecule has 0 atom stereocenters. The monoisotopic (exact) mass is 422 g/mol. The molecule has 7 nitrogen and oxygen atoms in total. The van der Waals surface area contributed by atoms with E-state index in [2.05, 4.69) is 4.74 Å². The third kappa shape index (κ3) is 6.20. The molecule has 2 rings (SSSR count). The summed E-state index contributed by atoms with van der Waals surface area (Å²) in [6.07, 6.45) is 2.48. The molecule has 0 N–H and O–H groups in total. The van der Waals surface area contributed by atoms with Crippen LogP contribution in [0.1, 0.15) is 15.9 Å². The maximum Gasteiger partial charge on any atom is 0.387 e. The summed E-state index contributed by atoms with van der Waals surface area (Å²) >= 11 is 0. The second kappa shape index (κ2) is 10.8. The Morgan fingerprint density at radius 1 is 0.933 bits per heavy atom. The summed E-state index contributed by atoms with van der Waals surface area (Å²) in [4.78, 5) is 24.3. The van der Waals surface area contributed by atoms with E-state index in [9.17, 15) is 18.4 Å². The van der Waals surface area contributed by atoms with Gasteiger partial charge in [-0.2, -0.15) is 8.78 Å². The minimum atomic E-state index is -2.99. The molecule has 2 aromatic carbocycles. The van der Waals surface area contributed by atoms with Crippen LogP contribution >= 0.6 is 0 Å². The van der Waals surface area contributed by atoms with Gasteiger partial charge in [-0.1, -0.05) is 6.07 Å². The summed E-state index contributed by atoms with van der Waals surface area (Å²) in [5.74, 6) is -0.514. The van der Waals surface area contributed by atoms with Gasteiger partial charge >= 0.3 is 12.6 Å². The van der Waals surface area contributed by atoms with Crippen molar-refractivity contribution in [2.75, 3.05) is 27.9 Å². The van der Waals surface area contributed by atoms with Crippen molar-refractivity contribution >= 4 is 17.8 Å². The first kappa shape index (κ1) is 22.7. The van der Waals surface area contributed by atoms with E-state index in [0.29, 0.717) is 17.1 Å². The normalized spacial score (nSPS) is 10.7. The first-order chi connectivity index (χ1) is 14.4. The number of carbonyl (C=O) groups excluding carboxylic acids is 2. The Balaban J connectivity index is 2.01. The largest absolute Gasteiger partial charge is 0.497 e. The molecular formula is C21H20F2O7. The van der Waals surface area contributed by atoms with Crippen LogP contribution in [0, 0.1) is 0 Å². The highest BCUT2D eigenvalue weighted by molar-refractivity contribution is 6.01. The zero-order valence-corrected chi connectivity index (χ0v) is 16.5. The summed E-state index contributed by atoms with van der Waals surface area (Å²) < 4.78 is 49.2. The first-order valence-corrected chi connectivity index (χ1v) is 8.60. The van der Waals surface area contributed by atoms with Gasteiger partial charge in [0.2, 0.25) is 5.78 Å². The molecule has 0 unspecified atom stereocenters. The number of ketones is 1. The van der Waals surface area contributed by atoms with Gasteiger partial charge in [0, 0.05) is 6.08 Å². The minimum Gasteiger partial charge on any atom is -0.497 e. The lowest BCUT2D eigenvalue weighted by Gasteiger charge is -2.10. The standard InChI is InChI=1S/C21H20F2O7/c1-26-14-6-8-17(27-2)15(11-14)16(24)12-29-20(25)9-5-13-4-7-18(30-21(22)23)19(10-13)28-3/h4-11,21H,12H2,1-3H3/b9-5+. The number of carbonyl (C=O) groups is 2. The van der Waals surface area contributed by atoms with E-state index in [-0.39, 0.29) is 17.1 Å². The van der Waals surface area contributed by atoms with Crippen LogP contribution in [0.2, 0.25) is 0 Å². The molecular weight excluding hydrogens is 402 g/mol. The van der Waals surface area contributed by atoms with Crippen LogP contribution in [-0.4, -0.2) is 46.3 Å². The zero-order chi connectivity index (χ0) is 22.1. The van der Waals surface area contributed by atoms with Gasteiger partial charge in [-0.3, -0.25) is 4.79 Å². The Labute approximate surface area is 171 Å². The topological polar surface area (TPSA) is 80.3 Å². The summed E-state index contributed by atoms with van der Waals surface area (Å²) in [5, 5.41) is 0. The molecule has 0 saturated carbocycles. The Morgan fingerprint density at radius 3 is 2.27 bits per heavy atom. The molecule has 0 aromatic heterocycles. The van der Waals surface area contributed by atoms with Crippen LogP contribution < -0.4 is 18.9 Å². The molecule has 0 spiro atoms. The number of benzene rings is 2. The number of esters is 1. The van der Waals surface area contributed by atoms with Gasteiger partial charge in [-0.05, 0) is 42.0 Å². The van der Waals surface area contributed by atoms with Crippen LogP contribution in [0.25, 0.3) is 6.08 Å². The Bertz CT molecular complexity index is 926. The van der Waals surface area contributed by atoms with Gasteiger partial charge in [0.15, 0.2) is 18.1 Å². The fourth-order valence-electron chi connectivity index (χ4n) is 2.44. The molecule has 0 aliphatic rings. The Kier molecular flexibility index (Phi) is 8.16. The van der Waals surface area contributed by atoms with Crippen molar-refractivity contribution in [2.24, 2.45) is 0 Å². The molecule has 0 aliphatic heterocycles. The molecule has 0 heterocycles. The SMILES string of the molecule is COc1ccc(OC)c(C(=O)COC(=O)/C=C/c2ccc(OC(F)F)c(OC)c2)c1. The first-order valence-electron chi connectivity index (χ1n) is 8.60. The third-order valence-corrected chi connectivity index (χ3v) is 3.87. The van der Waals surface area contributed by atoms with Crippen molar-refractivity contribution in [1.82, 2.24) is 0 Å². The number of methoxy groups -OCH3 is 3. The quantitative estimate of drug-likeness (QED) is 0.328. The molecule has 9 heteroatoms. The fraction of sp³-hybridized carbons (Fsp3) is 0.238. The molecule has 160 valence electrons. The van der Waals surface area contributed by atoms with Crippen molar-refractivity contribution in [3.63, 3.8) is 0 Å². The van der Waals surface area contributed by atoms with Crippen molar-refractivity contribution < 1.29 is 42.1 Å². The maximum atomic E-state index is 12.4. The minimum absolute atomic E-state index is 0.0751. The van der Waals surface area contributed by atoms with E-state index in [1.54, 1.807) is 12.1 Å². The van der Waals surface area contributed by atoms with Crippen molar-refractivity contribution in [2.45, 2.75) is 6.61 Å². The number of hydrogen-bond donors (Lipinski definition) is 0. The maximum absolute atomic E-state index is 12.4. The number of Topliss-reactive ketones (excluding diaryl/α,β-unsaturated/α-hetero) is 1. The molecule has 30 heavy (non-hydrogen) atoms. The molecule has 0 aliphatic carbocycles. The lowest BCUT2D eigenvalue weighted by molar-refractivity contribution is -0.136. The highest BCUT2D eigenvalue weighted by atomic mass is 19.3. The summed E-state index contributed by atoms with van der Waals surface area (Å²) in [5.41, 5.74) is 0.694. The van der Waals surface area contributed by atoms with Gasteiger partial charge in [-0.15, -0.1) is 0 Å². The van der Waals surface area contributed by atoms with Crippen LogP contribution in [0.15, 0.2) is 42.5 Å². The van der Waals surface area contributed by atoms with Gasteiger partial charge in [0.1, 0.15) is 11.5 Å². The smallest absolute Gasteiger partial charge is 0.387 e. The predicted molar refractivity (Wildman–Crippen MR) is 103 cm³/mol. The van der Waals surface area contributed by atoms with E-state index >= 15 is 0 Å². The van der Waals surface area contributed by atoms with Crippen LogP contribution in [-0.2, 0) is 9.53 Å². The Morgan fingerprint density at radius 2 is 1.63 bits per heavy atom. The second-order valence-electron chi connectivity index (χ2n) is 5.72. The zero-order valence-electron chi connectivity index (χ0n) is 16.5. The van der Waals surface area contributed by atoms with E-state index in [1.807, 2.05) is 0 Å². The van der Waals surface area contributed by atoms with Crippen molar-refractivity contribution in [3.8, 4) is 23.0 Å². The van der Waals surface area contributed by atoms with E-state index in [1.165, 1.54) is 51.7 Å². The fourth-order valence-corrected chi connectivity index (χ4v) is 2.44. The Hall–Kier alpha value is -3.62. The van der Waals surface area contributed by atoms with Gasteiger partial charge in [0.05, 0.1) is 26.9 Å². The summed E-state index contributed by atoms with van der Waals surface area (Å²) in [7, 11) is 4.18. The number of ether oxygens (including phenoxy) is 5. The number of halogens is 2. The summed E-state index contributed by atoms with van der Waals surface area (Å²) in [6.45, 7) is -3.49. The van der Waals surface area contributed by atoms with E-state index < -0.39 is 25.0 Å². The van der Waals surface area contributed by atoms with E-state index in [0.717, 1.165) is 6.08 Å². The molecule has 0 bridgehead atoms. The molecule has 2 aromatic rings. The third-order valence-electron chi connectivity index (χ3n) is 3.87. The van der Waals surface area contributed by atoms with Gasteiger partial charge in [-0.25, -0.2) is 4.79 Å². The average molecular weight is 422 g/mol. The molecule has 0 amide bonds. The van der Waals surface area contributed by atoms with Gasteiger partial charge < -0.3 is 23.7 Å². The molecule has 0 saturated heterocycles. The van der Waals surface area contributed by atoms with Crippen LogP contribution in [0.4, 0.5) is 8.78 Å². The lowest BCUT2D eigenvalue weighted by Crippen LogP contribution is -2.13. The molecule has 0 radical (unpaired) electrons. The summed E-state index contributed by atoms with van der Waals surface area (Å²) in [6, 6.07) is 8.84. The van der Waals surface area contributed by atoms with Crippen LogP contribution in [0.3, 0.4) is 0 Å². The number of rotatable bonds is 10. The predicted octanol–water partition coefficient (Wildman–Crippen LogP) is 3.75.